The molecule has 59 heavy (non-hydrogen) atoms. The molecule has 0 heterocycles. The molecule has 4 heteroatoms. The van der Waals surface area contributed by atoms with Gasteiger partial charge in [0.05, 0.1) is 6.61 Å². The maximum Gasteiger partial charge on any atom is 0.305 e. The molecule has 0 aromatic heterocycles. The Hall–Kier alpha value is -1.32. The summed E-state index contributed by atoms with van der Waals surface area (Å²) in [5.41, 5.74) is 0. The summed E-state index contributed by atoms with van der Waals surface area (Å²) >= 11 is 0. The van der Waals surface area contributed by atoms with E-state index in [0.717, 1.165) is 32.1 Å². The van der Waals surface area contributed by atoms with Crippen LogP contribution in [-0.2, 0) is 14.3 Å². The molecule has 1 N–H and O–H groups in total. The summed E-state index contributed by atoms with van der Waals surface area (Å²) in [6.45, 7) is 2.89. The third kappa shape index (κ3) is 54.7. The minimum absolute atomic E-state index is 0.0155. The van der Waals surface area contributed by atoms with Gasteiger partial charge in [0.1, 0.15) is 0 Å². The summed E-state index contributed by atoms with van der Waals surface area (Å²) in [5, 5.41) is 8.67. The predicted octanol–water partition coefficient (Wildman–Crippen LogP) is 19.3. The standard InChI is InChI=1S/C55H106O4/c1-2-3-4-5-6-7-8-33-37-40-43-46-49-52-55(58)59-53-50-47-44-41-38-35-32-30-28-26-24-22-20-18-16-14-12-10-9-11-13-15-17-19-21-23-25-27-29-31-34-36-39-42-45-48-51-54(56)57/h7-8H,2-6,9-53H2,1H3,(H,56,57)/b8-7-. The number of esters is 1. The predicted molar refractivity (Wildman–Crippen MR) is 260 cm³/mol. The molecule has 0 unspecified atom stereocenters. The van der Waals surface area contributed by atoms with Gasteiger partial charge in [-0.3, -0.25) is 9.59 Å². The van der Waals surface area contributed by atoms with E-state index in [1.54, 1.807) is 0 Å². The lowest BCUT2D eigenvalue weighted by Crippen LogP contribution is -2.05. The second kappa shape index (κ2) is 52.8. The third-order valence-electron chi connectivity index (χ3n) is 12.7. The van der Waals surface area contributed by atoms with E-state index in [2.05, 4.69) is 19.1 Å². The van der Waals surface area contributed by atoms with Crippen molar-refractivity contribution in [3.05, 3.63) is 12.2 Å². The van der Waals surface area contributed by atoms with Crippen LogP contribution in [0.1, 0.15) is 322 Å². The lowest BCUT2D eigenvalue weighted by Gasteiger charge is -2.06. The van der Waals surface area contributed by atoms with E-state index in [1.807, 2.05) is 0 Å². The average Bonchev–Trinajstić information content (AvgIpc) is 3.23. The van der Waals surface area contributed by atoms with Gasteiger partial charge in [0.25, 0.3) is 0 Å². The number of aliphatic carboxylic acids is 1. The minimum Gasteiger partial charge on any atom is -0.481 e. The van der Waals surface area contributed by atoms with Crippen LogP contribution < -0.4 is 0 Å². The molecule has 0 amide bonds. The van der Waals surface area contributed by atoms with Crippen LogP contribution in [0.5, 0.6) is 0 Å². The number of carboxylic acid groups (broad SMARTS) is 1. The van der Waals surface area contributed by atoms with Crippen molar-refractivity contribution in [3.8, 4) is 0 Å². The number of ether oxygens (including phenoxy) is 1. The largest absolute Gasteiger partial charge is 0.481 e. The lowest BCUT2D eigenvalue weighted by molar-refractivity contribution is -0.144. The first-order valence-corrected chi connectivity index (χ1v) is 27.2. The summed E-state index contributed by atoms with van der Waals surface area (Å²) in [4.78, 5) is 22.5. The smallest absolute Gasteiger partial charge is 0.305 e. The summed E-state index contributed by atoms with van der Waals surface area (Å²) in [5.74, 6) is -0.635. The maximum atomic E-state index is 12.0. The van der Waals surface area contributed by atoms with Crippen molar-refractivity contribution in [1.29, 1.82) is 0 Å². The summed E-state index contributed by atoms with van der Waals surface area (Å²) < 4.78 is 5.47. The van der Waals surface area contributed by atoms with E-state index < -0.39 is 5.97 Å². The van der Waals surface area contributed by atoms with Crippen LogP contribution in [0.4, 0.5) is 0 Å². The number of carboxylic acids is 1. The molecule has 0 aromatic rings. The highest BCUT2D eigenvalue weighted by atomic mass is 16.5. The fourth-order valence-corrected chi connectivity index (χ4v) is 8.63. The Morgan fingerprint density at radius 3 is 0.847 bits per heavy atom. The van der Waals surface area contributed by atoms with Crippen molar-refractivity contribution >= 4 is 11.9 Å². The second-order valence-corrected chi connectivity index (χ2v) is 18.7. The number of rotatable bonds is 52. The van der Waals surface area contributed by atoms with Gasteiger partial charge in [-0.05, 0) is 44.9 Å². The summed E-state index contributed by atoms with van der Waals surface area (Å²) in [6.07, 6.45) is 68.9. The summed E-state index contributed by atoms with van der Waals surface area (Å²) in [7, 11) is 0. The zero-order chi connectivity index (χ0) is 42.6. The average molecular weight is 831 g/mol. The Morgan fingerprint density at radius 2 is 0.559 bits per heavy atom. The molecule has 0 saturated heterocycles. The number of hydrogen-bond donors (Lipinski definition) is 1. The fourth-order valence-electron chi connectivity index (χ4n) is 8.63. The van der Waals surface area contributed by atoms with Crippen molar-refractivity contribution in [1.82, 2.24) is 0 Å². The highest BCUT2D eigenvalue weighted by Gasteiger charge is 2.03. The molecule has 0 fully saturated rings. The van der Waals surface area contributed by atoms with Gasteiger partial charge in [-0.1, -0.05) is 276 Å². The Balaban J connectivity index is 3.14. The topological polar surface area (TPSA) is 63.6 Å². The van der Waals surface area contributed by atoms with Gasteiger partial charge in [-0.25, -0.2) is 0 Å². The normalized spacial score (nSPS) is 11.6. The molecule has 0 bridgehead atoms. The van der Waals surface area contributed by atoms with Crippen LogP contribution >= 0.6 is 0 Å². The van der Waals surface area contributed by atoms with E-state index in [1.165, 1.54) is 270 Å². The molecule has 0 saturated carbocycles. The third-order valence-corrected chi connectivity index (χ3v) is 12.7. The quantitative estimate of drug-likeness (QED) is 0.0377. The number of carbonyl (C=O) groups is 2. The van der Waals surface area contributed by atoms with Crippen LogP contribution in [0.15, 0.2) is 12.2 Å². The lowest BCUT2D eigenvalue weighted by atomic mass is 10.0. The summed E-state index contributed by atoms with van der Waals surface area (Å²) in [6, 6.07) is 0. The van der Waals surface area contributed by atoms with Crippen LogP contribution in [0, 0.1) is 0 Å². The molecular weight excluding hydrogens is 725 g/mol. The van der Waals surface area contributed by atoms with E-state index in [0.29, 0.717) is 19.4 Å². The van der Waals surface area contributed by atoms with Gasteiger partial charge in [0, 0.05) is 12.8 Å². The van der Waals surface area contributed by atoms with Crippen molar-refractivity contribution in [2.75, 3.05) is 6.61 Å². The molecule has 0 rings (SSSR count). The zero-order valence-electron chi connectivity index (χ0n) is 40.2. The van der Waals surface area contributed by atoms with Crippen LogP contribution in [0.25, 0.3) is 0 Å². The Morgan fingerprint density at radius 1 is 0.322 bits per heavy atom. The van der Waals surface area contributed by atoms with Crippen LogP contribution in [0.2, 0.25) is 0 Å². The fraction of sp³-hybridized carbons (Fsp3) is 0.927. The minimum atomic E-state index is -0.650. The molecule has 0 aliphatic heterocycles. The molecule has 0 radical (unpaired) electrons. The second-order valence-electron chi connectivity index (χ2n) is 18.7. The molecule has 0 spiro atoms. The van der Waals surface area contributed by atoms with Gasteiger partial charge < -0.3 is 9.84 Å². The van der Waals surface area contributed by atoms with Gasteiger partial charge in [0.2, 0.25) is 0 Å². The van der Waals surface area contributed by atoms with Crippen molar-refractivity contribution in [2.24, 2.45) is 0 Å². The molecule has 0 atom stereocenters. The first-order valence-electron chi connectivity index (χ1n) is 27.2. The number of carbonyl (C=O) groups excluding carboxylic acids is 1. The van der Waals surface area contributed by atoms with Crippen LogP contribution in [-0.4, -0.2) is 23.7 Å². The highest BCUT2D eigenvalue weighted by molar-refractivity contribution is 5.69. The van der Waals surface area contributed by atoms with Gasteiger partial charge >= 0.3 is 11.9 Å². The first kappa shape index (κ1) is 57.7. The Kier molecular flexibility index (Phi) is 51.6. The molecular formula is C55H106O4. The number of hydrogen-bond acceptors (Lipinski definition) is 3. The Bertz CT molecular complexity index is 837. The van der Waals surface area contributed by atoms with E-state index >= 15 is 0 Å². The van der Waals surface area contributed by atoms with Crippen molar-refractivity contribution < 1.29 is 19.4 Å². The van der Waals surface area contributed by atoms with E-state index in [4.69, 9.17) is 9.84 Å². The van der Waals surface area contributed by atoms with E-state index in [-0.39, 0.29) is 5.97 Å². The molecule has 4 nitrogen and oxygen atoms in total. The van der Waals surface area contributed by atoms with Crippen molar-refractivity contribution in [2.45, 2.75) is 322 Å². The molecule has 350 valence electrons. The molecule has 0 aliphatic rings. The van der Waals surface area contributed by atoms with Crippen LogP contribution in [0.3, 0.4) is 0 Å². The van der Waals surface area contributed by atoms with E-state index in [9.17, 15) is 9.59 Å². The van der Waals surface area contributed by atoms with Crippen molar-refractivity contribution in [3.63, 3.8) is 0 Å². The number of unbranched alkanes of at least 4 members (excludes halogenated alkanes) is 44. The monoisotopic (exact) mass is 831 g/mol. The van der Waals surface area contributed by atoms with Gasteiger partial charge in [-0.2, -0.15) is 0 Å². The highest BCUT2D eigenvalue weighted by Crippen LogP contribution is 2.18. The number of allylic oxidation sites excluding steroid dienone is 2. The molecule has 0 aromatic carbocycles. The van der Waals surface area contributed by atoms with Gasteiger partial charge in [0.15, 0.2) is 0 Å². The van der Waals surface area contributed by atoms with Gasteiger partial charge in [-0.15, -0.1) is 0 Å². The Labute approximate surface area is 370 Å². The zero-order valence-corrected chi connectivity index (χ0v) is 40.2. The first-order chi connectivity index (χ1) is 29.2. The molecule has 0 aliphatic carbocycles. The maximum absolute atomic E-state index is 12.0. The SMILES string of the molecule is CCCCCC/C=C\CCCCCCCC(=O)OCCCCCCCCCCCCCCCCCCCCCCCCCCCCCCCCCCCCCCC(=O)O.